The van der Waals surface area contributed by atoms with E-state index in [0.29, 0.717) is 13.1 Å². The van der Waals surface area contributed by atoms with Gasteiger partial charge in [-0.15, -0.1) is 0 Å². The monoisotopic (exact) mass is 240 g/mol. The standard InChI is InChI=1S/C12H20N2O3/c1-8-5-14(7-10(8)12(16)17)11(15)9-3-4-13(2)6-9/h8-10H,3-7H2,1-2H3,(H,16,17). The van der Waals surface area contributed by atoms with Gasteiger partial charge in [0.2, 0.25) is 5.91 Å². The molecular weight excluding hydrogens is 220 g/mol. The zero-order chi connectivity index (χ0) is 12.6. The van der Waals surface area contributed by atoms with Crippen LogP contribution in [0.4, 0.5) is 0 Å². The molecule has 5 nitrogen and oxygen atoms in total. The van der Waals surface area contributed by atoms with E-state index in [9.17, 15) is 9.59 Å². The number of amides is 1. The summed E-state index contributed by atoms with van der Waals surface area (Å²) in [7, 11) is 2.01. The lowest BCUT2D eigenvalue weighted by Gasteiger charge is -2.20. The van der Waals surface area contributed by atoms with E-state index in [4.69, 9.17) is 5.11 Å². The Kier molecular flexibility index (Phi) is 3.38. The van der Waals surface area contributed by atoms with Crippen molar-refractivity contribution in [1.82, 2.24) is 9.80 Å². The van der Waals surface area contributed by atoms with E-state index >= 15 is 0 Å². The van der Waals surface area contributed by atoms with Gasteiger partial charge in [0.15, 0.2) is 0 Å². The van der Waals surface area contributed by atoms with Crippen molar-refractivity contribution in [1.29, 1.82) is 0 Å². The molecule has 0 aromatic carbocycles. The third-order valence-electron chi connectivity index (χ3n) is 3.98. The number of carbonyl (C=O) groups is 2. The van der Waals surface area contributed by atoms with Crippen LogP contribution < -0.4 is 0 Å². The molecule has 0 saturated carbocycles. The first-order valence-electron chi connectivity index (χ1n) is 6.19. The number of hydrogen-bond donors (Lipinski definition) is 1. The molecule has 2 heterocycles. The summed E-state index contributed by atoms with van der Waals surface area (Å²) < 4.78 is 0. The molecule has 0 aromatic rings. The number of aliphatic carboxylic acids is 1. The third-order valence-corrected chi connectivity index (χ3v) is 3.98. The Morgan fingerprint density at radius 2 is 1.94 bits per heavy atom. The van der Waals surface area contributed by atoms with Crippen LogP contribution in [0.1, 0.15) is 13.3 Å². The predicted molar refractivity (Wildman–Crippen MR) is 62.5 cm³/mol. The van der Waals surface area contributed by atoms with Gasteiger partial charge in [-0.3, -0.25) is 9.59 Å². The van der Waals surface area contributed by atoms with Crippen molar-refractivity contribution in [3.63, 3.8) is 0 Å². The summed E-state index contributed by atoms with van der Waals surface area (Å²) in [4.78, 5) is 27.1. The molecule has 2 aliphatic heterocycles. The lowest BCUT2D eigenvalue weighted by molar-refractivity contribution is -0.142. The Labute approximate surface area is 101 Å². The van der Waals surface area contributed by atoms with Crippen molar-refractivity contribution < 1.29 is 14.7 Å². The normalized spacial score (nSPS) is 34.2. The number of carboxylic acids is 1. The second kappa shape index (κ2) is 4.64. The van der Waals surface area contributed by atoms with Gasteiger partial charge in [-0.05, 0) is 25.9 Å². The molecule has 96 valence electrons. The van der Waals surface area contributed by atoms with Gasteiger partial charge in [-0.2, -0.15) is 0 Å². The minimum absolute atomic E-state index is 0.0654. The molecule has 1 amide bonds. The average Bonchev–Trinajstić information content (AvgIpc) is 2.83. The van der Waals surface area contributed by atoms with Gasteiger partial charge in [0.05, 0.1) is 11.8 Å². The molecule has 0 radical (unpaired) electrons. The van der Waals surface area contributed by atoms with Crippen LogP contribution in [0.25, 0.3) is 0 Å². The maximum absolute atomic E-state index is 12.2. The summed E-state index contributed by atoms with van der Waals surface area (Å²) in [6.45, 7) is 4.65. The highest BCUT2D eigenvalue weighted by atomic mass is 16.4. The van der Waals surface area contributed by atoms with Crippen LogP contribution in [0.2, 0.25) is 0 Å². The smallest absolute Gasteiger partial charge is 0.308 e. The van der Waals surface area contributed by atoms with E-state index in [-0.39, 0.29) is 17.7 Å². The molecule has 0 aromatic heterocycles. The van der Waals surface area contributed by atoms with Crippen LogP contribution in [0, 0.1) is 17.8 Å². The van der Waals surface area contributed by atoms with Gasteiger partial charge in [-0.1, -0.05) is 6.92 Å². The lowest BCUT2D eigenvalue weighted by Crippen LogP contribution is -2.36. The molecule has 17 heavy (non-hydrogen) atoms. The maximum Gasteiger partial charge on any atom is 0.308 e. The number of carboxylic acid groups (broad SMARTS) is 1. The van der Waals surface area contributed by atoms with Gasteiger partial charge in [0.25, 0.3) is 0 Å². The second-order valence-electron chi connectivity index (χ2n) is 5.41. The van der Waals surface area contributed by atoms with Crippen molar-refractivity contribution in [3.8, 4) is 0 Å². The average molecular weight is 240 g/mol. The fraction of sp³-hybridized carbons (Fsp3) is 0.833. The first-order chi connectivity index (χ1) is 7.99. The SMILES string of the molecule is CC1CN(C(=O)C2CCN(C)C2)CC1C(=O)O. The largest absolute Gasteiger partial charge is 0.481 e. The van der Waals surface area contributed by atoms with E-state index in [2.05, 4.69) is 4.90 Å². The Hall–Kier alpha value is -1.10. The van der Waals surface area contributed by atoms with E-state index < -0.39 is 11.9 Å². The van der Waals surface area contributed by atoms with Crippen LogP contribution in [-0.2, 0) is 9.59 Å². The molecule has 2 aliphatic rings. The van der Waals surface area contributed by atoms with Crippen molar-refractivity contribution in [2.45, 2.75) is 13.3 Å². The van der Waals surface area contributed by atoms with Crippen molar-refractivity contribution >= 4 is 11.9 Å². The highest BCUT2D eigenvalue weighted by Crippen LogP contribution is 2.26. The molecule has 2 fully saturated rings. The number of hydrogen-bond acceptors (Lipinski definition) is 3. The quantitative estimate of drug-likeness (QED) is 0.744. The Balaban J connectivity index is 1.96. The zero-order valence-electron chi connectivity index (χ0n) is 10.4. The number of rotatable bonds is 2. The molecule has 2 saturated heterocycles. The Morgan fingerprint density at radius 1 is 1.24 bits per heavy atom. The molecule has 3 unspecified atom stereocenters. The van der Waals surface area contributed by atoms with Crippen LogP contribution in [0.5, 0.6) is 0 Å². The molecule has 1 N–H and O–H groups in total. The van der Waals surface area contributed by atoms with Gasteiger partial charge < -0.3 is 14.9 Å². The fourth-order valence-corrected chi connectivity index (χ4v) is 2.86. The summed E-state index contributed by atoms with van der Waals surface area (Å²) in [5, 5.41) is 9.04. The first kappa shape index (κ1) is 12.4. The van der Waals surface area contributed by atoms with Crippen molar-refractivity contribution in [2.24, 2.45) is 17.8 Å². The number of carbonyl (C=O) groups excluding carboxylic acids is 1. The van der Waals surface area contributed by atoms with Crippen LogP contribution in [0.15, 0.2) is 0 Å². The zero-order valence-corrected chi connectivity index (χ0v) is 10.4. The predicted octanol–water partition coefficient (Wildman–Crippen LogP) is 0.117. The fourth-order valence-electron chi connectivity index (χ4n) is 2.86. The lowest BCUT2D eigenvalue weighted by atomic mass is 9.99. The summed E-state index contributed by atoms with van der Waals surface area (Å²) in [6.07, 6.45) is 0.901. The second-order valence-corrected chi connectivity index (χ2v) is 5.41. The molecule has 2 rings (SSSR count). The van der Waals surface area contributed by atoms with E-state index in [1.165, 1.54) is 0 Å². The first-order valence-corrected chi connectivity index (χ1v) is 6.19. The van der Waals surface area contributed by atoms with Gasteiger partial charge in [0.1, 0.15) is 0 Å². The Morgan fingerprint density at radius 3 is 2.41 bits per heavy atom. The van der Waals surface area contributed by atoms with Crippen LogP contribution >= 0.6 is 0 Å². The molecule has 0 spiro atoms. The third kappa shape index (κ3) is 2.44. The highest BCUT2D eigenvalue weighted by molar-refractivity contribution is 5.81. The molecule has 5 heteroatoms. The van der Waals surface area contributed by atoms with Crippen LogP contribution in [-0.4, -0.2) is 60.0 Å². The van der Waals surface area contributed by atoms with Crippen molar-refractivity contribution in [3.05, 3.63) is 0 Å². The van der Waals surface area contributed by atoms with Gasteiger partial charge >= 0.3 is 5.97 Å². The number of likely N-dealkylation sites (tertiary alicyclic amines) is 2. The molecule has 3 atom stereocenters. The van der Waals surface area contributed by atoms with E-state index in [1.807, 2.05) is 14.0 Å². The minimum atomic E-state index is -0.781. The topological polar surface area (TPSA) is 60.9 Å². The molecule has 0 bridgehead atoms. The Bertz CT molecular complexity index is 332. The van der Waals surface area contributed by atoms with Gasteiger partial charge in [0, 0.05) is 19.6 Å². The summed E-state index contributed by atoms with van der Waals surface area (Å²) >= 11 is 0. The summed E-state index contributed by atoms with van der Waals surface area (Å²) in [5.41, 5.74) is 0. The molecular formula is C12H20N2O3. The van der Waals surface area contributed by atoms with E-state index in [0.717, 1.165) is 19.5 Å². The van der Waals surface area contributed by atoms with Crippen LogP contribution in [0.3, 0.4) is 0 Å². The summed E-state index contributed by atoms with van der Waals surface area (Å²) in [6, 6.07) is 0. The van der Waals surface area contributed by atoms with E-state index in [1.54, 1.807) is 4.90 Å². The van der Waals surface area contributed by atoms with Gasteiger partial charge in [-0.25, -0.2) is 0 Å². The van der Waals surface area contributed by atoms with Crippen molar-refractivity contribution in [2.75, 3.05) is 33.2 Å². The molecule has 0 aliphatic carbocycles. The minimum Gasteiger partial charge on any atom is -0.481 e. The maximum atomic E-state index is 12.2. The summed E-state index contributed by atoms with van der Waals surface area (Å²) in [5.74, 6) is -0.894. The number of nitrogens with zero attached hydrogens (tertiary/aromatic N) is 2. The highest BCUT2D eigenvalue weighted by Gasteiger charge is 2.39.